The summed E-state index contributed by atoms with van der Waals surface area (Å²) in [6, 6.07) is 7.40. The van der Waals surface area contributed by atoms with Gasteiger partial charge < -0.3 is 10.6 Å². The quantitative estimate of drug-likeness (QED) is 0.662. The van der Waals surface area contributed by atoms with Crippen LogP contribution in [0.3, 0.4) is 0 Å². The topological polar surface area (TPSA) is 66.9 Å². The van der Waals surface area contributed by atoms with Crippen molar-refractivity contribution in [3.8, 4) is 0 Å². The van der Waals surface area contributed by atoms with E-state index in [-0.39, 0.29) is 11.5 Å². The van der Waals surface area contributed by atoms with Gasteiger partial charge in [0.2, 0.25) is 5.95 Å². The molecule has 0 atom stereocenters. The molecule has 8 heteroatoms. The Morgan fingerprint density at radius 2 is 1.63 bits per heavy atom. The van der Waals surface area contributed by atoms with Crippen LogP contribution in [0.15, 0.2) is 42.7 Å². The number of hydrogen-bond donors (Lipinski definition) is 2. The molecule has 27 heavy (non-hydrogen) atoms. The molecule has 3 aromatic rings. The number of carbonyl (C=O) groups is 1. The van der Waals surface area contributed by atoms with Crippen molar-refractivity contribution in [1.82, 2.24) is 9.97 Å². The lowest BCUT2D eigenvalue weighted by Gasteiger charge is -2.10. The molecule has 1 aromatic heterocycles. The minimum Gasteiger partial charge on any atom is -0.324 e. The van der Waals surface area contributed by atoms with E-state index in [0.717, 1.165) is 28.9 Å². The minimum absolute atomic E-state index is 0.0330. The zero-order valence-corrected chi connectivity index (χ0v) is 14.5. The van der Waals surface area contributed by atoms with Gasteiger partial charge in [-0.25, -0.2) is 23.1 Å². The summed E-state index contributed by atoms with van der Waals surface area (Å²) < 4.78 is 39.8. The van der Waals surface area contributed by atoms with E-state index in [4.69, 9.17) is 0 Å². The highest BCUT2D eigenvalue weighted by molar-refractivity contribution is 6.04. The SMILES string of the molecule is Cc1cccc(Nc2ncc(C(=O)Nc3ccc(F)c(F)c3F)cn2)c1C. The van der Waals surface area contributed by atoms with Crippen LogP contribution >= 0.6 is 0 Å². The van der Waals surface area contributed by atoms with E-state index >= 15 is 0 Å². The fraction of sp³-hybridized carbons (Fsp3) is 0.105. The maximum atomic E-state index is 13.6. The van der Waals surface area contributed by atoms with Crippen molar-refractivity contribution in [3.05, 3.63) is 76.9 Å². The highest BCUT2D eigenvalue weighted by atomic mass is 19.2. The molecule has 2 aromatic carbocycles. The van der Waals surface area contributed by atoms with Crippen LogP contribution in [-0.2, 0) is 0 Å². The van der Waals surface area contributed by atoms with Gasteiger partial charge >= 0.3 is 0 Å². The predicted molar refractivity (Wildman–Crippen MR) is 95.5 cm³/mol. The van der Waals surface area contributed by atoms with E-state index in [9.17, 15) is 18.0 Å². The number of benzene rings is 2. The second-order valence-corrected chi connectivity index (χ2v) is 5.84. The molecule has 5 nitrogen and oxygen atoms in total. The second kappa shape index (κ2) is 7.45. The monoisotopic (exact) mass is 372 g/mol. The van der Waals surface area contributed by atoms with E-state index < -0.39 is 29.0 Å². The van der Waals surface area contributed by atoms with Crippen molar-refractivity contribution < 1.29 is 18.0 Å². The maximum absolute atomic E-state index is 13.6. The van der Waals surface area contributed by atoms with Gasteiger partial charge in [-0.2, -0.15) is 0 Å². The Hall–Kier alpha value is -3.42. The normalized spacial score (nSPS) is 10.6. The number of aromatic nitrogens is 2. The second-order valence-electron chi connectivity index (χ2n) is 5.84. The van der Waals surface area contributed by atoms with Crippen molar-refractivity contribution in [3.63, 3.8) is 0 Å². The lowest BCUT2D eigenvalue weighted by Crippen LogP contribution is -2.15. The van der Waals surface area contributed by atoms with Crippen molar-refractivity contribution in [1.29, 1.82) is 0 Å². The molecule has 1 amide bonds. The minimum atomic E-state index is -1.66. The van der Waals surface area contributed by atoms with Crippen LogP contribution < -0.4 is 10.6 Å². The zero-order chi connectivity index (χ0) is 19.6. The summed E-state index contributed by atoms with van der Waals surface area (Å²) in [5.74, 6) is -4.94. The molecule has 0 saturated heterocycles. The Kier molecular flexibility index (Phi) is 5.07. The lowest BCUT2D eigenvalue weighted by molar-refractivity contribution is 0.102. The van der Waals surface area contributed by atoms with Gasteiger partial charge in [-0.15, -0.1) is 0 Å². The number of hydrogen-bond acceptors (Lipinski definition) is 4. The van der Waals surface area contributed by atoms with Crippen molar-refractivity contribution >= 4 is 23.2 Å². The number of halogens is 3. The molecule has 0 spiro atoms. The summed E-state index contributed by atoms with van der Waals surface area (Å²) in [5, 5.41) is 5.21. The van der Waals surface area contributed by atoms with Crippen LogP contribution in [0.2, 0.25) is 0 Å². The van der Waals surface area contributed by atoms with Gasteiger partial charge in [0.05, 0.1) is 11.3 Å². The zero-order valence-electron chi connectivity index (χ0n) is 14.5. The molecule has 0 aliphatic rings. The van der Waals surface area contributed by atoms with Gasteiger partial charge in [-0.05, 0) is 43.2 Å². The third kappa shape index (κ3) is 3.89. The Morgan fingerprint density at radius 3 is 2.33 bits per heavy atom. The molecule has 1 heterocycles. The fourth-order valence-electron chi connectivity index (χ4n) is 2.33. The van der Waals surface area contributed by atoms with Crippen molar-refractivity contribution in [2.24, 2.45) is 0 Å². The summed E-state index contributed by atoms with van der Waals surface area (Å²) >= 11 is 0. The third-order valence-corrected chi connectivity index (χ3v) is 4.05. The predicted octanol–water partition coefficient (Wildman–Crippen LogP) is 4.51. The summed E-state index contributed by atoms with van der Waals surface area (Å²) in [6.45, 7) is 3.93. The molecule has 0 fully saturated rings. The van der Waals surface area contributed by atoms with Gasteiger partial charge in [-0.3, -0.25) is 4.79 Å². The number of nitrogens with one attached hydrogen (secondary N) is 2. The number of amides is 1. The number of anilines is 3. The average molecular weight is 372 g/mol. The lowest BCUT2D eigenvalue weighted by atomic mass is 10.1. The molecular weight excluding hydrogens is 357 g/mol. The molecule has 0 bridgehead atoms. The molecule has 0 aliphatic heterocycles. The van der Waals surface area contributed by atoms with Gasteiger partial charge in [0.1, 0.15) is 0 Å². The first-order valence-electron chi connectivity index (χ1n) is 7.97. The summed E-state index contributed by atoms with van der Waals surface area (Å²) in [6.07, 6.45) is 2.49. The first-order valence-corrected chi connectivity index (χ1v) is 7.97. The molecule has 0 radical (unpaired) electrons. The standard InChI is InChI=1S/C19H15F3N4O/c1-10-4-3-5-14(11(10)2)26-19-23-8-12(9-24-19)18(27)25-15-7-6-13(20)16(21)17(15)22/h3-9H,1-2H3,(H,25,27)(H,23,24,26). The van der Waals surface area contributed by atoms with Crippen LogP contribution in [0.1, 0.15) is 21.5 Å². The van der Waals surface area contributed by atoms with E-state index in [0.29, 0.717) is 0 Å². The van der Waals surface area contributed by atoms with Crippen LogP contribution in [-0.4, -0.2) is 15.9 Å². The molecule has 0 saturated carbocycles. The van der Waals surface area contributed by atoms with Gasteiger partial charge in [0.25, 0.3) is 5.91 Å². The van der Waals surface area contributed by atoms with Crippen molar-refractivity contribution in [2.45, 2.75) is 13.8 Å². The molecule has 2 N–H and O–H groups in total. The van der Waals surface area contributed by atoms with E-state index in [1.807, 2.05) is 32.0 Å². The molecule has 138 valence electrons. The summed E-state index contributed by atoms with van der Waals surface area (Å²) in [5.41, 5.74) is 2.53. The van der Waals surface area contributed by atoms with Crippen LogP contribution in [0.4, 0.5) is 30.5 Å². The maximum Gasteiger partial charge on any atom is 0.258 e. The van der Waals surface area contributed by atoms with Gasteiger partial charge in [-0.1, -0.05) is 12.1 Å². The third-order valence-electron chi connectivity index (χ3n) is 4.05. The molecule has 0 unspecified atom stereocenters. The highest BCUT2D eigenvalue weighted by Crippen LogP contribution is 2.22. The Morgan fingerprint density at radius 1 is 0.926 bits per heavy atom. The number of carbonyl (C=O) groups excluding carboxylic acids is 1. The number of aryl methyl sites for hydroxylation is 1. The fourth-order valence-corrected chi connectivity index (χ4v) is 2.33. The Bertz CT molecular complexity index is 1010. The van der Waals surface area contributed by atoms with Gasteiger partial charge in [0, 0.05) is 18.1 Å². The molecule has 0 aliphatic carbocycles. The number of nitrogens with zero attached hydrogens (tertiary/aromatic N) is 2. The number of rotatable bonds is 4. The largest absolute Gasteiger partial charge is 0.324 e. The first kappa shape index (κ1) is 18.4. The van der Waals surface area contributed by atoms with Crippen molar-refractivity contribution in [2.75, 3.05) is 10.6 Å². The average Bonchev–Trinajstić information content (AvgIpc) is 2.66. The van der Waals surface area contributed by atoms with E-state index in [2.05, 4.69) is 20.6 Å². The highest BCUT2D eigenvalue weighted by Gasteiger charge is 2.16. The Labute approximate surface area is 153 Å². The summed E-state index contributed by atoms with van der Waals surface area (Å²) in [4.78, 5) is 20.2. The van der Waals surface area contributed by atoms with Gasteiger partial charge in [0.15, 0.2) is 17.5 Å². The molecular formula is C19H15F3N4O. The van der Waals surface area contributed by atoms with Crippen LogP contribution in [0.25, 0.3) is 0 Å². The summed E-state index contributed by atoms with van der Waals surface area (Å²) in [7, 11) is 0. The smallest absolute Gasteiger partial charge is 0.258 e. The van der Waals surface area contributed by atoms with E-state index in [1.165, 1.54) is 12.4 Å². The first-order chi connectivity index (χ1) is 12.9. The molecule has 3 rings (SSSR count). The van der Waals surface area contributed by atoms with E-state index in [1.54, 1.807) is 0 Å². The Balaban J connectivity index is 1.74. The van der Waals surface area contributed by atoms with Crippen LogP contribution in [0.5, 0.6) is 0 Å². The van der Waals surface area contributed by atoms with Crippen LogP contribution in [0, 0.1) is 31.3 Å².